The fourth-order valence-corrected chi connectivity index (χ4v) is 2.86. The monoisotopic (exact) mass is 334 g/mol. The van der Waals surface area contributed by atoms with Crippen LogP contribution in [0.1, 0.15) is 17.0 Å². The molecule has 0 atom stereocenters. The van der Waals surface area contributed by atoms with Crippen molar-refractivity contribution in [3.63, 3.8) is 0 Å². The molecular formula is C19H15FN4O. The number of aryl methyl sites for hydroxylation is 2. The van der Waals surface area contributed by atoms with Crippen LogP contribution in [0.5, 0.6) is 0 Å². The SMILES string of the molecule is Cc1ccc2[nH]c3c(=O)n(N=Cc4ccccc4F)c(C)nc3c2c1. The van der Waals surface area contributed by atoms with E-state index in [-0.39, 0.29) is 5.56 Å². The highest BCUT2D eigenvalue weighted by Crippen LogP contribution is 2.23. The molecule has 2 aromatic heterocycles. The van der Waals surface area contributed by atoms with Crippen molar-refractivity contribution in [1.29, 1.82) is 0 Å². The van der Waals surface area contributed by atoms with Crippen LogP contribution in [-0.2, 0) is 0 Å². The van der Waals surface area contributed by atoms with Crippen LogP contribution in [0.4, 0.5) is 4.39 Å². The van der Waals surface area contributed by atoms with Crippen molar-refractivity contribution in [2.45, 2.75) is 13.8 Å². The fraction of sp³-hybridized carbons (Fsp3) is 0.105. The standard InChI is InChI=1S/C19H15FN4O/c1-11-7-8-16-14(9-11)17-18(23-16)19(25)24(12(2)22-17)21-10-13-5-3-4-6-15(13)20/h3-10,23H,1-2H3. The summed E-state index contributed by atoms with van der Waals surface area (Å²) in [4.78, 5) is 20.4. The van der Waals surface area contributed by atoms with E-state index in [4.69, 9.17) is 0 Å². The molecule has 4 rings (SSSR count). The van der Waals surface area contributed by atoms with Crippen molar-refractivity contribution in [1.82, 2.24) is 14.6 Å². The Kier molecular flexibility index (Phi) is 3.46. The average molecular weight is 334 g/mol. The van der Waals surface area contributed by atoms with Crippen LogP contribution in [0.3, 0.4) is 0 Å². The number of aromatic nitrogens is 3. The topological polar surface area (TPSA) is 63.0 Å². The second-order valence-electron chi connectivity index (χ2n) is 5.94. The number of H-pyrrole nitrogens is 1. The molecule has 0 saturated heterocycles. The molecule has 0 aliphatic rings. The van der Waals surface area contributed by atoms with E-state index >= 15 is 0 Å². The van der Waals surface area contributed by atoms with Gasteiger partial charge >= 0.3 is 0 Å². The summed E-state index contributed by atoms with van der Waals surface area (Å²) in [6.07, 6.45) is 1.32. The highest BCUT2D eigenvalue weighted by Gasteiger charge is 2.13. The van der Waals surface area contributed by atoms with Crippen molar-refractivity contribution in [2.24, 2.45) is 5.10 Å². The first-order chi connectivity index (χ1) is 12.0. The Labute approximate surface area is 142 Å². The minimum atomic E-state index is -0.396. The third kappa shape index (κ3) is 2.52. The van der Waals surface area contributed by atoms with Crippen LogP contribution in [0.2, 0.25) is 0 Å². The van der Waals surface area contributed by atoms with Gasteiger partial charge in [-0.1, -0.05) is 29.8 Å². The van der Waals surface area contributed by atoms with E-state index in [1.54, 1.807) is 25.1 Å². The lowest BCUT2D eigenvalue weighted by molar-refractivity contribution is 0.625. The zero-order valence-corrected chi connectivity index (χ0v) is 13.7. The molecule has 0 saturated carbocycles. The molecule has 0 unspecified atom stereocenters. The van der Waals surface area contributed by atoms with Crippen LogP contribution in [0.15, 0.2) is 52.4 Å². The van der Waals surface area contributed by atoms with Gasteiger partial charge in [0.15, 0.2) is 0 Å². The van der Waals surface area contributed by atoms with Crippen molar-refractivity contribution < 1.29 is 4.39 Å². The van der Waals surface area contributed by atoms with Crippen LogP contribution in [-0.4, -0.2) is 20.9 Å². The Morgan fingerprint density at radius 2 is 2.00 bits per heavy atom. The van der Waals surface area contributed by atoms with Crippen LogP contribution in [0, 0.1) is 19.7 Å². The maximum atomic E-state index is 13.7. The first-order valence-corrected chi connectivity index (χ1v) is 7.85. The highest BCUT2D eigenvalue weighted by molar-refractivity contribution is 6.04. The minimum absolute atomic E-state index is 0.307. The molecule has 2 heterocycles. The minimum Gasteiger partial charge on any atom is -0.349 e. The van der Waals surface area contributed by atoms with Gasteiger partial charge in [0, 0.05) is 16.5 Å². The molecule has 0 amide bonds. The number of hydrogen-bond donors (Lipinski definition) is 1. The summed E-state index contributed by atoms with van der Waals surface area (Å²) in [5, 5.41) is 5.03. The van der Waals surface area contributed by atoms with E-state index in [1.165, 1.54) is 17.0 Å². The van der Waals surface area contributed by atoms with E-state index in [1.807, 2.05) is 25.1 Å². The number of hydrogen-bond acceptors (Lipinski definition) is 3. The molecule has 0 aliphatic heterocycles. The number of aromatic amines is 1. The van der Waals surface area contributed by atoms with Crippen molar-refractivity contribution in [3.8, 4) is 0 Å². The molecule has 0 radical (unpaired) electrons. The Balaban J connectivity index is 1.92. The molecule has 25 heavy (non-hydrogen) atoms. The zero-order valence-electron chi connectivity index (χ0n) is 13.7. The lowest BCUT2D eigenvalue weighted by Crippen LogP contribution is -2.20. The largest absolute Gasteiger partial charge is 0.349 e. The molecule has 0 bridgehead atoms. The lowest BCUT2D eigenvalue weighted by Gasteiger charge is -2.03. The molecule has 124 valence electrons. The third-order valence-electron chi connectivity index (χ3n) is 4.13. The maximum absolute atomic E-state index is 13.7. The van der Waals surface area contributed by atoms with Gasteiger partial charge in [-0.25, -0.2) is 9.37 Å². The summed E-state index contributed by atoms with van der Waals surface area (Å²) < 4.78 is 14.9. The molecule has 0 fully saturated rings. The molecule has 0 spiro atoms. The average Bonchev–Trinajstić information content (AvgIpc) is 2.94. The molecule has 1 N–H and O–H groups in total. The van der Waals surface area contributed by atoms with Crippen LogP contribution >= 0.6 is 0 Å². The van der Waals surface area contributed by atoms with Crippen molar-refractivity contribution >= 4 is 28.2 Å². The van der Waals surface area contributed by atoms with Gasteiger partial charge in [0.25, 0.3) is 5.56 Å². The Morgan fingerprint density at radius 1 is 1.20 bits per heavy atom. The van der Waals surface area contributed by atoms with Crippen LogP contribution < -0.4 is 5.56 Å². The second kappa shape index (κ2) is 5.66. The number of fused-ring (bicyclic) bond motifs is 3. The van der Waals surface area contributed by atoms with Crippen molar-refractivity contribution in [2.75, 3.05) is 0 Å². The predicted octanol–water partition coefficient (Wildman–Crippen LogP) is 3.52. The normalized spacial score (nSPS) is 11.8. The van der Waals surface area contributed by atoms with E-state index in [9.17, 15) is 9.18 Å². The Hall–Kier alpha value is -3.28. The number of rotatable bonds is 2. The fourth-order valence-electron chi connectivity index (χ4n) is 2.86. The van der Waals surface area contributed by atoms with Gasteiger partial charge in [-0.15, -0.1) is 0 Å². The summed E-state index contributed by atoms with van der Waals surface area (Å²) in [7, 11) is 0. The summed E-state index contributed by atoms with van der Waals surface area (Å²) in [6.45, 7) is 3.69. The van der Waals surface area contributed by atoms with E-state index in [0.29, 0.717) is 22.4 Å². The van der Waals surface area contributed by atoms with Crippen LogP contribution in [0.25, 0.3) is 21.9 Å². The molecule has 2 aromatic carbocycles. The Bertz CT molecular complexity index is 1200. The van der Waals surface area contributed by atoms with E-state index < -0.39 is 5.82 Å². The van der Waals surface area contributed by atoms with Gasteiger partial charge in [0.2, 0.25) is 0 Å². The van der Waals surface area contributed by atoms with E-state index in [0.717, 1.165) is 16.5 Å². The van der Waals surface area contributed by atoms with E-state index in [2.05, 4.69) is 15.1 Å². The summed E-state index contributed by atoms with van der Waals surface area (Å²) in [6, 6.07) is 12.1. The molecule has 5 nitrogen and oxygen atoms in total. The number of benzene rings is 2. The zero-order chi connectivity index (χ0) is 17.6. The molecule has 6 heteroatoms. The first kappa shape index (κ1) is 15.3. The second-order valence-corrected chi connectivity index (χ2v) is 5.94. The quantitative estimate of drug-likeness (QED) is 0.570. The maximum Gasteiger partial charge on any atom is 0.298 e. The first-order valence-electron chi connectivity index (χ1n) is 7.85. The molecule has 4 aromatic rings. The third-order valence-corrected chi connectivity index (χ3v) is 4.13. The van der Waals surface area contributed by atoms with Gasteiger partial charge in [0.05, 0.1) is 6.21 Å². The van der Waals surface area contributed by atoms with Gasteiger partial charge in [0.1, 0.15) is 22.7 Å². The summed E-state index contributed by atoms with van der Waals surface area (Å²) >= 11 is 0. The highest BCUT2D eigenvalue weighted by atomic mass is 19.1. The smallest absolute Gasteiger partial charge is 0.298 e. The van der Waals surface area contributed by atoms with Gasteiger partial charge in [-0.05, 0) is 32.0 Å². The molecule has 0 aliphatic carbocycles. The molecular weight excluding hydrogens is 319 g/mol. The predicted molar refractivity (Wildman–Crippen MR) is 96.7 cm³/mol. The van der Waals surface area contributed by atoms with Gasteiger partial charge < -0.3 is 4.98 Å². The number of halogens is 1. The summed E-state index contributed by atoms with van der Waals surface area (Å²) in [5.74, 6) is 0.0413. The lowest BCUT2D eigenvalue weighted by atomic mass is 10.2. The number of nitrogens with zero attached hydrogens (tertiary/aromatic N) is 3. The Morgan fingerprint density at radius 3 is 2.80 bits per heavy atom. The van der Waals surface area contributed by atoms with Crippen molar-refractivity contribution in [3.05, 3.63) is 75.6 Å². The van der Waals surface area contributed by atoms with Gasteiger partial charge in [-0.3, -0.25) is 4.79 Å². The van der Waals surface area contributed by atoms with Gasteiger partial charge in [-0.2, -0.15) is 9.78 Å². The number of nitrogens with one attached hydrogen (secondary N) is 1. The summed E-state index contributed by atoms with van der Waals surface area (Å²) in [5.41, 5.74) is 2.94.